The summed E-state index contributed by atoms with van der Waals surface area (Å²) in [5, 5.41) is 0. The van der Waals surface area contributed by atoms with Gasteiger partial charge in [0.2, 0.25) is 0 Å². The Morgan fingerprint density at radius 3 is 1.93 bits per heavy atom. The average Bonchev–Trinajstić information content (AvgIpc) is 2.09. The highest BCUT2D eigenvalue weighted by atomic mass is 14.4. The van der Waals surface area contributed by atoms with Crippen molar-refractivity contribution >= 4 is 0 Å². The van der Waals surface area contributed by atoms with Crippen molar-refractivity contribution < 1.29 is 0 Å². The lowest BCUT2D eigenvalue weighted by atomic mass is 9.68. The number of hydrogen-bond acceptors (Lipinski definition) is 0. The molecular formula is C15H32. The zero-order valence-electron chi connectivity index (χ0n) is 10.6. The fraction of sp³-hybridized carbons (Fsp3) is 1.00. The molecular weight excluding hydrogens is 180 g/mol. The van der Waals surface area contributed by atoms with E-state index in [1.54, 1.807) is 0 Å². The predicted molar refractivity (Wildman–Crippen MR) is 71.1 cm³/mol. The van der Waals surface area contributed by atoms with E-state index >= 15 is 0 Å². The molecule has 0 saturated heterocycles. The zero-order valence-corrected chi connectivity index (χ0v) is 10.6. The molecule has 0 aromatic rings. The van der Waals surface area contributed by atoms with Crippen molar-refractivity contribution in [2.24, 2.45) is 23.7 Å². The quantitative estimate of drug-likeness (QED) is 0.538. The molecule has 1 saturated carbocycles. The van der Waals surface area contributed by atoms with Gasteiger partial charge in [0.1, 0.15) is 0 Å². The monoisotopic (exact) mass is 212 g/mol. The van der Waals surface area contributed by atoms with Gasteiger partial charge in [-0.05, 0) is 42.9 Å². The Hall–Kier alpha value is 0. The molecule has 0 amide bonds. The number of hydrogen-bond donors (Lipinski definition) is 0. The van der Waals surface area contributed by atoms with Crippen molar-refractivity contribution in [2.75, 3.05) is 0 Å². The predicted octanol–water partition coefficient (Wildman–Crippen LogP) is 5.52. The van der Waals surface area contributed by atoms with E-state index in [0.29, 0.717) is 0 Å². The number of rotatable bonds is 4. The molecule has 92 valence electrons. The van der Waals surface area contributed by atoms with E-state index in [-0.39, 0.29) is 7.43 Å². The van der Waals surface area contributed by atoms with Crippen molar-refractivity contribution in [3.63, 3.8) is 0 Å². The molecule has 0 aromatic heterocycles. The summed E-state index contributed by atoms with van der Waals surface area (Å²) in [7, 11) is 0. The Morgan fingerprint density at radius 2 is 1.47 bits per heavy atom. The van der Waals surface area contributed by atoms with Gasteiger partial charge in [-0.2, -0.15) is 0 Å². The summed E-state index contributed by atoms with van der Waals surface area (Å²) >= 11 is 0. The van der Waals surface area contributed by atoms with Crippen LogP contribution in [0.5, 0.6) is 0 Å². The molecule has 0 heterocycles. The van der Waals surface area contributed by atoms with Gasteiger partial charge in [-0.25, -0.2) is 0 Å². The molecule has 1 rings (SSSR count). The topological polar surface area (TPSA) is 0 Å². The second-order valence-electron chi connectivity index (χ2n) is 5.69. The van der Waals surface area contributed by atoms with Crippen LogP contribution in [0.3, 0.4) is 0 Å². The zero-order chi connectivity index (χ0) is 10.6. The minimum Gasteiger partial charge on any atom is -0.0776 e. The average molecular weight is 212 g/mol. The van der Waals surface area contributed by atoms with Crippen LogP contribution in [-0.2, 0) is 0 Å². The minimum atomic E-state index is 0. The summed E-state index contributed by atoms with van der Waals surface area (Å²) in [4.78, 5) is 0. The van der Waals surface area contributed by atoms with E-state index in [1.807, 2.05) is 0 Å². The highest BCUT2D eigenvalue weighted by Crippen LogP contribution is 2.40. The fourth-order valence-corrected chi connectivity index (χ4v) is 3.48. The van der Waals surface area contributed by atoms with Gasteiger partial charge in [0.15, 0.2) is 0 Å². The van der Waals surface area contributed by atoms with Crippen LogP contribution in [0.4, 0.5) is 0 Å². The van der Waals surface area contributed by atoms with Gasteiger partial charge in [-0.1, -0.05) is 54.4 Å². The Labute approximate surface area is 97.8 Å². The molecule has 1 aliphatic carbocycles. The van der Waals surface area contributed by atoms with Gasteiger partial charge in [0, 0.05) is 0 Å². The van der Waals surface area contributed by atoms with E-state index in [9.17, 15) is 0 Å². The van der Waals surface area contributed by atoms with Crippen molar-refractivity contribution in [3.05, 3.63) is 0 Å². The molecule has 0 heteroatoms. The largest absolute Gasteiger partial charge is 0.0776 e. The van der Waals surface area contributed by atoms with Crippen molar-refractivity contribution in [2.45, 2.75) is 73.6 Å². The Morgan fingerprint density at radius 1 is 0.933 bits per heavy atom. The van der Waals surface area contributed by atoms with E-state index < -0.39 is 0 Å². The van der Waals surface area contributed by atoms with Crippen LogP contribution < -0.4 is 0 Å². The van der Waals surface area contributed by atoms with Crippen molar-refractivity contribution in [1.29, 1.82) is 0 Å². The molecule has 0 aromatic carbocycles. The first-order valence-corrected chi connectivity index (χ1v) is 6.65. The SMILES string of the molecule is C.CCCCCC1C(C)CC(C)CC1C. The van der Waals surface area contributed by atoms with Crippen LogP contribution in [0, 0.1) is 23.7 Å². The maximum atomic E-state index is 2.47. The maximum Gasteiger partial charge on any atom is -0.0362 e. The molecule has 1 aliphatic rings. The maximum absolute atomic E-state index is 2.47. The van der Waals surface area contributed by atoms with Crippen molar-refractivity contribution in [1.82, 2.24) is 0 Å². The van der Waals surface area contributed by atoms with Gasteiger partial charge in [0.25, 0.3) is 0 Å². The Balaban J connectivity index is 0.00000196. The van der Waals surface area contributed by atoms with Gasteiger partial charge in [0.05, 0.1) is 0 Å². The summed E-state index contributed by atoms with van der Waals surface area (Å²) in [5.41, 5.74) is 0. The third kappa shape index (κ3) is 4.57. The fourth-order valence-electron chi connectivity index (χ4n) is 3.48. The van der Waals surface area contributed by atoms with Gasteiger partial charge in [-0.15, -0.1) is 0 Å². The molecule has 15 heavy (non-hydrogen) atoms. The lowest BCUT2D eigenvalue weighted by Crippen LogP contribution is -2.28. The highest BCUT2D eigenvalue weighted by Gasteiger charge is 2.30. The molecule has 0 bridgehead atoms. The lowest BCUT2D eigenvalue weighted by Gasteiger charge is -2.38. The summed E-state index contributed by atoms with van der Waals surface area (Å²) in [6.45, 7) is 9.68. The first kappa shape index (κ1) is 15.0. The molecule has 0 nitrogen and oxygen atoms in total. The van der Waals surface area contributed by atoms with Crippen LogP contribution in [0.2, 0.25) is 0 Å². The van der Waals surface area contributed by atoms with E-state index in [2.05, 4.69) is 27.7 Å². The van der Waals surface area contributed by atoms with Crippen LogP contribution in [0.1, 0.15) is 73.6 Å². The Bertz CT molecular complexity index is 138. The third-order valence-corrected chi connectivity index (χ3v) is 4.15. The van der Waals surface area contributed by atoms with E-state index in [4.69, 9.17) is 0 Å². The van der Waals surface area contributed by atoms with Crippen LogP contribution in [0.25, 0.3) is 0 Å². The Kier molecular flexibility index (Phi) is 7.30. The molecule has 0 N–H and O–H groups in total. The van der Waals surface area contributed by atoms with Crippen LogP contribution in [-0.4, -0.2) is 0 Å². The smallest absolute Gasteiger partial charge is 0.0362 e. The van der Waals surface area contributed by atoms with Gasteiger partial charge in [-0.3, -0.25) is 0 Å². The second kappa shape index (κ2) is 7.30. The summed E-state index contributed by atoms with van der Waals surface area (Å²) in [6, 6.07) is 0. The summed E-state index contributed by atoms with van der Waals surface area (Å²) in [5.74, 6) is 3.95. The molecule has 0 spiro atoms. The van der Waals surface area contributed by atoms with E-state index in [1.165, 1.54) is 38.5 Å². The summed E-state index contributed by atoms with van der Waals surface area (Å²) in [6.07, 6.45) is 8.70. The first-order valence-electron chi connectivity index (χ1n) is 6.65. The summed E-state index contributed by atoms with van der Waals surface area (Å²) < 4.78 is 0. The first-order chi connectivity index (χ1) is 6.65. The molecule has 2 unspecified atom stereocenters. The third-order valence-electron chi connectivity index (χ3n) is 4.15. The normalized spacial score (nSPS) is 36.0. The lowest BCUT2D eigenvalue weighted by molar-refractivity contribution is 0.125. The van der Waals surface area contributed by atoms with Gasteiger partial charge >= 0.3 is 0 Å². The van der Waals surface area contributed by atoms with E-state index in [0.717, 1.165) is 23.7 Å². The molecule has 2 atom stereocenters. The molecule has 0 radical (unpaired) electrons. The van der Waals surface area contributed by atoms with Crippen LogP contribution >= 0.6 is 0 Å². The molecule has 0 aliphatic heterocycles. The second-order valence-corrected chi connectivity index (χ2v) is 5.69. The highest BCUT2D eigenvalue weighted by molar-refractivity contribution is 4.80. The standard InChI is InChI=1S/C14H28.CH4/c1-5-6-7-8-14-12(3)9-11(2)10-13(14)4;/h11-14H,5-10H2,1-4H3;1H4. The van der Waals surface area contributed by atoms with Gasteiger partial charge < -0.3 is 0 Å². The molecule has 1 fully saturated rings. The van der Waals surface area contributed by atoms with Crippen molar-refractivity contribution in [3.8, 4) is 0 Å². The van der Waals surface area contributed by atoms with Crippen LogP contribution in [0.15, 0.2) is 0 Å². The minimum absolute atomic E-state index is 0. The number of unbranched alkanes of at least 4 members (excludes halogenated alkanes) is 2.